The first kappa shape index (κ1) is 22.7. The van der Waals surface area contributed by atoms with Crippen molar-refractivity contribution in [3.63, 3.8) is 0 Å². The second kappa shape index (κ2) is 8.80. The van der Waals surface area contributed by atoms with Crippen LogP contribution in [0.5, 0.6) is 0 Å². The molecule has 5 heteroatoms. The summed E-state index contributed by atoms with van der Waals surface area (Å²) in [4.78, 5) is 14.4. The zero-order valence-corrected chi connectivity index (χ0v) is 20.4. The molecule has 1 aromatic carbocycles. The number of rotatable bonds is 6. The van der Waals surface area contributed by atoms with Crippen molar-refractivity contribution >= 4 is 16.7 Å². The third kappa shape index (κ3) is 5.28. The number of para-hydroxylation sites is 1. The minimum absolute atomic E-state index is 0.0841. The molecule has 4 rings (SSSR count). The van der Waals surface area contributed by atoms with E-state index in [1.165, 1.54) is 10.9 Å². The Bertz CT molecular complexity index is 1040. The molecular formula is C27H37N5. The van der Waals surface area contributed by atoms with Gasteiger partial charge in [-0.05, 0) is 64.8 Å². The standard InChI is InChI=1S/C27H37N5/c1-26(2)16-23(17-27(3,4)30-26)32(19-22-12-9-10-14-28-22)18-21-15-20-11-7-8-13-24(20)29-25(21)31(5)6/h7-15,23,30H,16-19H2,1-6H3. The largest absolute Gasteiger partial charge is 0.362 e. The third-order valence-corrected chi connectivity index (χ3v) is 6.35. The van der Waals surface area contributed by atoms with Crippen molar-refractivity contribution in [1.29, 1.82) is 0 Å². The second-order valence-corrected chi connectivity index (χ2v) is 10.7. The number of nitrogens with zero attached hydrogens (tertiary/aromatic N) is 4. The van der Waals surface area contributed by atoms with Crippen LogP contribution in [0.25, 0.3) is 10.9 Å². The number of benzene rings is 1. The predicted molar refractivity (Wildman–Crippen MR) is 134 cm³/mol. The smallest absolute Gasteiger partial charge is 0.133 e. The summed E-state index contributed by atoms with van der Waals surface area (Å²) < 4.78 is 0. The van der Waals surface area contributed by atoms with E-state index in [0.717, 1.165) is 43.0 Å². The van der Waals surface area contributed by atoms with Gasteiger partial charge in [-0.3, -0.25) is 9.88 Å². The van der Waals surface area contributed by atoms with Crippen LogP contribution in [0.2, 0.25) is 0 Å². The van der Waals surface area contributed by atoms with Crippen molar-refractivity contribution in [2.75, 3.05) is 19.0 Å². The van der Waals surface area contributed by atoms with Gasteiger partial charge < -0.3 is 10.2 Å². The minimum Gasteiger partial charge on any atom is -0.362 e. The average molecular weight is 432 g/mol. The molecular weight excluding hydrogens is 394 g/mol. The van der Waals surface area contributed by atoms with Gasteiger partial charge in [0.15, 0.2) is 0 Å². The van der Waals surface area contributed by atoms with Crippen molar-refractivity contribution in [2.45, 2.75) is 70.7 Å². The van der Waals surface area contributed by atoms with Gasteiger partial charge >= 0.3 is 0 Å². The quantitative estimate of drug-likeness (QED) is 0.594. The Morgan fingerprint density at radius 1 is 0.938 bits per heavy atom. The Hall–Kier alpha value is -2.50. The van der Waals surface area contributed by atoms with Gasteiger partial charge in [-0.15, -0.1) is 0 Å². The van der Waals surface area contributed by atoms with E-state index in [9.17, 15) is 0 Å². The zero-order chi connectivity index (χ0) is 22.9. The highest BCUT2D eigenvalue weighted by Crippen LogP contribution is 2.34. The highest BCUT2D eigenvalue weighted by atomic mass is 15.2. The maximum absolute atomic E-state index is 5.01. The number of pyridine rings is 2. The van der Waals surface area contributed by atoms with E-state index in [4.69, 9.17) is 4.98 Å². The molecule has 0 radical (unpaired) electrons. The van der Waals surface area contributed by atoms with Crippen molar-refractivity contribution in [3.05, 3.63) is 66.0 Å². The van der Waals surface area contributed by atoms with Crippen LogP contribution in [0.4, 0.5) is 5.82 Å². The second-order valence-electron chi connectivity index (χ2n) is 10.7. The number of piperidine rings is 1. The van der Waals surface area contributed by atoms with Crippen LogP contribution in [-0.4, -0.2) is 46.1 Å². The first-order valence-electron chi connectivity index (χ1n) is 11.6. The van der Waals surface area contributed by atoms with E-state index >= 15 is 0 Å². The van der Waals surface area contributed by atoms with Gasteiger partial charge in [0.05, 0.1) is 11.2 Å². The lowest BCUT2D eigenvalue weighted by Gasteiger charge is -2.49. The molecule has 3 aromatic rings. The number of hydrogen-bond donors (Lipinski definition) is 1. The maximum atomic E-state index is 5.01. The number of anilines is 1. The first-order chi connectivity index (χ1) is 15.1. The molecule has 1 N–H and O–H groups in total. The lowest BCUT2D eigenvalue weighted by Crippen LogP contribution is -2.62. The van der Waals surface area contributed by atoms with Crippen molar-refractivity contribution in [2.24, 2.45) is 0 Å². The molecule has 1 aliphatic heterocycles. The Morgan fingerprint density at radius 3 is 2.28 bits per heavy atom. The molecule has 2 aromatic heterocycles. The van der Waals surface area contributed by atoms with Crippen molar-refractivity contribution in [3.8, 4) is 0 Å². The van der Waals surface area contributed by atoms with Gasteiger partial charge in [0.25, 0.3) is 0 Å². The monoisotopic (exact) mass is 431 g/mol. The molecule has 0 unspecified atom stereocenters. The van der Waals surface area contributed by atoms with E-state index in [2.05, 4.69) is 104 Å². The van der Waals surface area contributed by atoms with Gasteiger partial charge in [0.2, 0.25) is 0 Å². The molecule has 0 bridgehead atoms. The maximum Gasteiger partial charge on any atom is 0.133 e. The fourth-order valence-corrected chi connectivity index (χ4v) is 5.41. The molecule has 1 saturated heterocycles. The van der Waals surface area contributed by atoms with Crippen LogP contribution >= 0.6 is 0 Å². The van der Waals surface area contributed by atoms with Crippen LogP contribution in [0, 0.1) is 0 Å². The van der Waals surface area contributed by atoms with Crippen LogP contribution in [0.3, 0.4) is 0 Å². The summed E-state index contributed by atoms with van der Waals surface area (Å²) in [6.07, 6.45) is 4.09. The molecule has 1 fully saturated rings. The normalized spacial score (nSPS) is 18.2. The van der Waals surface area contributed by atoms with Gasteiger partial charge in [0.1, 0.15) is 5.82 Å². The number of aromatic nitrogens is 2. The molecule has 32 heavy (non-hydrogen) atoms. The Labute approximate surface area is 192 Å². The molecule has 3 heterocycles. The first-order valence-corrected chi connectivity index (χ1v) is 11.6. The number of hydrogen-bond acceptors (Lipinski definition) is 5. The molecule has 0 atom stereocenters. The summed E-state index contributed by atoms with van der Waals surface area (Å²) in [6, 6.07) is 17.4. The van der Waals surface area contributed by atoms with E-state index in [1.807, 2.05) is 12.3 Å². The molecule has 170 valence electrons. The molecule has 0 saturated carbocycles. The van der Waals surface area contributed by atoms with Gasteiger partial charge in [0, 0.05) is 61.5 Å². The topological polar surface area (TPSA) is 44.3 Å². The lowest BCUT2D eigenvalue weighted by atomic mass is 9.79. The number of fused-ring (bicyclic) bond motifs is 1. The fourth-order valence-electron chi connectivity index (χ4n) is 5.41. The molecule has 0 aliphatic carbocycles. The summed E-state index contributed by atoms with van der Waals surface area (Å²) >= 11 is 0. The van der Waals surface area contributed by atoms with Gasteiger partial charge in [-0.2, -0.15) is 0 Å². The van der Waals surface area contributed by atoms with Gasteiger partial charge in [-0.25, -0.2) is 4.98 Å². The Kier molecular flexibility index (Phi) is 6.24. The Morgan fingerprint density at radius 2 is 1.62 bits per heavy atom. The summed E-state index contributed by atoms with van der Waals surface area (Å²) in [7, 11) is 4.17. The Balaban J connectivity index is 1.73. The number of nitrogens with one attached hydrogen (secondary N) is 1. The van der Waals surface area contributed by atoms with E-state index in [-0.39, 0.29) is 11.1 Å². The minimum atomic E-state index is 0.0841. The van der Waals surface area contributed by atoms with Crippen LogP contribution < -0.4 is 10.2 Å². The SMILES string of the molecule is CN(C)c1nc2ccccc2cc1CN(Cc1ccccn1)C1CC(C)(C)NC(C)(C)C1. The summed E-state index contributed by atoms with van der Waals surface area (Å²) in [6.45, 7) is 11.0. The summed E-state index contributed by atoms with van der Waals surface area (Å²) in [5.41, 5.74) is 3.59. The molecule has 0 spiro atoms. The van der Waals surface area contributed by atoms with E-state index in [1.54, 1.807) is 0 Å². The van der Waals surface area contributed by atoms with Crippen molar-refractivity contribution in [1.82, 2.24) is 20.2 Å². The highest BCUT2D eigenvalue weighted by molar-refractivity contribution is 5.81. The van der Waals surface area contributed by atoms with E-state index in [0.29, 0.717) is 6.04 Å². The third-order valence-electron chi connectivity index (χ3n) is 6.35. The highest BCUT2D eigenvalue weighted by Gasteiger charge is 2.40. The molecule has 1 aliphatic rings. The fraction of sp³-hybridized carbons (Fsp3) is 0.481. The van der Waals surface area contributed by atoms with Crippen LogP contribution in [0.1, 0.15) is 51.8 Å². The lowest BCUT2D eigenvalue weighted by molar-refractivity contribution is 0.0557. The van der Waals surface area contributed by atoms with Crippen LogP contribution in [-0.2, 0) is 13.1 Å². The summed E-state index contributed by atoms with van der Waals surface area (Å²) in [5.74, 6) is 1.04. The zero-order valence-electron chi connectivity index (χ0n) is 20.4. The average Bonchev–Trinajstić information content (AvgIpc) is 2.71. The van der Waals surface area contributed by atoms with Crippen LogP contribution in [0.15, 0.2) is 54.7 Å². The molecule has 5 nitrogen and oxygen atoms in total. The molecule has 0 amide bonds. The predicted octanol–water partition coefficient (Wildman–Crippen LogP) is 5.01. The van der Waals surface area contributed by atoms with Crippen molar-refractivity contribution < 1.29 is 0 Å². The van der Waals surface area contributed by atoms with E-state index < -0.39 is 0 Å². The summed E-state index contributed by atoms with van der Waals surface area (Å²) in [5, 5.41) is 5.03. The van der Waals surface area contributed by atoms with Gasteiger partial charge in [-0.1, -0.05) is 24.3 Å².